The highest BCUT2D eigenvalue weighted by Gasteiger charge is 2.35. The lowest BCUT2D eigenvalue weighted by molar-refractivity contribution is -0.143. The molecule has 0 aliphatic carbocycles. The number of unbranched alkanes of at least 4 members (excludes halogenated alkanes) is 1. The van der Waals surface area contributed by atoms with Crippen LogP contribution in [0.3, 0.4) is 0 Å². The van der Waals surface area contributed by atoms with Gasteiger partial charge in [-0.3, -0.25) is 9.69 Å². The Kier molecular flexibility index (Phi) is 9.12. The van der Waals surface area contributed by atoms with Gasteiger partial charge >= 0.3 is 5.97 Å². The first kappa shape index (κ1) is 25.6. The van der Waals surface area contributed by atoms with Crippen LogP contribution in [0.5, 0.6) is 0 Å². The number of pyridine rings is 1. The maximum absolute atomic E-state index is 12.3. The number of hydrogen-bond acceptors (Lipinski definition) is 6. The molecule has 1 saturated heterocycles. The Morgan fingerprint density at radius 3 is 2.91 bits per heavy atom. The molecule has 1 aromatic carbocycles. The van der Waals surface area contributed by atoms with Crippen LogP contribution in [0.4, 0.5) is 5.82 Å². The summed E-state index contributed by atoms with van der Waals surface area (Å²) in [5, 5.41) is 13.5. The van der Waals surface area contributed by atoms with Gasteiger partial charge in [0.05, 0.1) is 18.8 Å². The van der Waals surface area contributed by atoms with Gasteiger partial charge in [0, 0.05) is 31.9 Å². The van der Waals surface area contributed by atoms with Crippen LogP contribution in [0.2, 0.25) is 0 Å². The van der Waals surface area contributed by atoms with E-state index in [-0.39, 0.29) is 12.2 Å². The van der Waals surface area contributed by atoms with E-state index in [4.69, 9.17) is 14.5 Å². The fourth-order valence-electron chi connectivity index (χ4n) is 4.97. The number of fused-ring (bicyclic) bond motifs is 1. The van der Waals surface area contributed by atoms with Crippen LogP contribution in [-0.4, -0.2) is 59.4 Å². The van der Waals surface area contributed by atoms with Gasteiger partial charge in [-0.25, -0.2) is 4.98 Å². The van der Waals surface area contributed by atoms with Crippen LogP contribution < -0.4 is 5.32 Å². The molecule has 3 heterocycles. The molecule has 1 unspecified atom stereocenters. The molecule has 2 aromatic rings. The number of ether oxygens (including phenoxy) is 2. The summed E-state index contributed by atoms with van der Waals surface area (Å²) in [5.41, 5.74) is 4.20. The summed E-state index contributed by atoms with van der Waals surface area (Å²) in [6.45, 7) is 7.44. The number of nitrogens with zero attached hydrogens (tertiary/aromatic N) is 2. The zero-order valence-corrected chi connectivity index (χ0v) is 21.0. The molecule has 190 valence electrons. The van der Waals surface area contributed by atoms with Crippen molar-refractivity contribution < 1.29 is 19.4 Å². The third kappa shape index (κ3) is 7.03. The molecule has 0 saturated carbocycles. The highest BCUT2D eigenvalue weighted by atomic mass is 16.5. The van der Waals surface area contributed by atoms with E-state index in [9.17, 15) is 9.90 Å². The maximum atomic E-state index is 12.3. The topological polar surface area (TPSA) is 83.9 Å². The molecule has 1 aromatic heterocycles. The lowest BCUT2D eigenvalue weighted by Crippen LogP contribution is -2.34. The van der Waals surface area contributed by atoms with Crippen molar-refractivity contribution in [3.63, 3.8) is 0 Å². The number of carbonyl (C=O) groups is 1. The normalized spacial score (nSPS) is 18.9. The van der Waals surface area contributed by atoms with E-state index < -0.39 is 12.0 Å². The molecule has 0 amide bonds. The van der Waals surface area contributed by atoms with Crippen molar-refractivity contribution in [1.82, 2.24) is 9.88 Å². The van der Waals surface area contributed by atoms with E-state index in [1.165, 1.54) is 12.0 Å². The van der Waals surface area contributed by atoms with E-state index >= 15 is 0 Å². The second kappa shape index (κ2) is 12.5. The van der Waals surface area contributed by atoms with Crippen molar-refractivity contribution in [2.24, 2.45) is 0 Å². The highest BCUT2D eigenvalue weighted by Crippen LogP contribution is 2.30. The van der Waals surface area contributed by atoms with Gasteiger partial charge in [0.2, 0.25) is 0 Å². The first-order valence-electron chi connectivity index (χ1n) is 13.0. The molecule has 7 nitrogen and oxygen atoms in total. The van der Waals surface area contributed by atoms with Gasteiger partial charge in [-0.15, -0.1) is 0 Å². The van der Waals surface area contributed by atoms with Crippen LogP contribution in [-0.2, 0) is 33.7 Å². The van der Waals surface area contributed by atoms with Gasteiger partial charge < -0.3 is 19.9 Å². The monoisotopic (exact) mass is 481 g/mol. The zero-order valence-electron chi connectivity index (χ0n) is 21.0. The Morgan fingerprint density at radius 2 is 2.09 bits per heavy atom. The van der Waals surface area contributed by atoms with Crippen LogP contribution >= 0.6 is 0 Å². The molecule has 7 heteroatoms. The fourth-order valence-corrected chi connectivity index (χ4v) is 4.97. The predicted molar refractivity (Wildman–Crippen MR) is 137 cm³/mol. The smallest absolute Gasteiger partial charge is 0.325 e. The Morgan fingerprint density at radius 1 is 1.23 bits per heavy atom. The lowest BCUT2D eigenvalue weighted by atomic mass is 9.99. The van der Waals surface area contributed by atoms with Gasteiger partial charge in [-0.2, -0.15) is 0 Å². The molecule has 0 spiro atoms. The summed E-state index contributed by atoms with van der Waals surface area (Å²) in [4.78, 5) is 19.1. The second-order valence-corrected chi connectivity index (χ2v) is 9.87. The van der Waals surface area contributed by atoms with Gasteiger partial charge in [0.15, 0.2) is 0 Å². The summed E-state index contributed by atoms with van der Waals surface area (Å²) >= 11 is 0. The van der Waals surface area contributed by atoms with Crippen molar-refractivity contribution in [2.75, 3.05) is 31.6 Å². The van der Waals surface area contributed by atoms with Crippen LogP contribution in [0.1, 0.15) is 68.0 Å². The summed E-state index contributed by atoms with van der Waals surface area (Å²) in [6.07, 6.45) is 6.26. The van der Waals surface area contributed by atoms with Crippen molar-refractivity contribution >= 4 is 11.8 Å². The number of aryl methyl sites for hydroxylation is 2. The summed E-state index contributed by atoms with van der Waals surface area (Å²) in [5.74, 6) is 0.232. The Balaban J connectivity index is 1.24. The third-order valence-corrected chi connectivity index (χ3v) is 6.83. The van der Waals surface area contributed by atoms with Gasteiger partial charge in [0.1, 0.15) is 11.9 Å². The van der Waals surface area contributed by atoms with Gasteiger partial charge in [0.25, 0.3) is 0 Å². The maximum Gasteiger partial charge on any atom is 0.325 e. The first-order chi connectivity index (χ1) is 17.0. The van der Waals surface area contributed by atoms with E-state index in [0.29, 0.717) is 26.3 Å². The van der Waals surface area contributed by atoms with Crippen molar-refractivity contribution in [1.29, 1.82) is 0 Å². The highest BCUT2D eigenvalue weighted by molar-refractivity contribution is 5.76. The fraction of sp³-hybridized carbons (Fsp3) is 0.571. The number of aliphatic carboxylic acids is 1. The Bertz CT molecular complexity index is 980. The number of likely N-dealkylation sites (tertiary alicyclic amines) is 1. The molecule has 4 rings (SSSR count). The quantitative estimate of drug-likeness (QED) is 0.429. The van der Waals surface area contributed by atoms with Gasteiger partial charge in [-0.1, -0.05) is 30.3 Å². The number of nitrogens with one attached hydrogen (secondary N) is 1. The number of carboxylic acids is 1. The van der Waals surface area contributed by atoms with Crippen LogP contribution in [0.15, 0.2) is 36.4 Å². The molecule has 2 aliphatic rings. The Labute approximate surface area is 208 Å². The number of hydrogen-bond donors (Lipinski definition) is 2. The summed E-state index contributed by atoms with van der Waals surface area (Å²) < 4.78 is 11.9. The number of carboxylic acid groups (broad SMARTS) is 1. The van der Waals surface area contributed by atoms with Crippen molar-refractivity contribution in [3.8, 4) is 0 Å². The van der Waals surface area contributed by atoms with E-state index in [2.05, 4.69) is 17.4 Å². The molecule has 1 fully saturated rings. The minimum Gasteiger partial charge on any atom is -0.480 e. The molecule has 2 atom stereocenters. The largest absolute Gasteiger partial charge is 0.480 e. The number of benzene rings is 1. The molecular formula is C28H39N3O4. The molecule has 0 radical (unpaired) electrons. The van der Waals surface area contributed by atoms with E-state index in [0.717, 1.165) is 61.3 Å². The number of aromatic nitrogens is 1. The average molecular weight is 482 g/mol. The van der Waals surface area contributed by atoms with Gasteiger partial charge in [-0.05, 0) is 75.1 Å². The standard InChI is InChI=1S/C28H39N3O4/c1-20(2)35-19-22-8-3-4-11-25(22)26(28(32)33)31-16-14-24(18-31)34-17-6-5-10-23-13-12-21-9-7-15-29-27(21)30-23/h3-4,8,11-13,20,24,26H,5-7,9-10,14-19H2,1-2H3,(H,29,30)(H,32,33)/t24-,26?/m1/s1. The molecular weight excluding hydrogens is 442 g/mol. The molecule has 2 aliphatic heterocycles. The van der Waals surface area contributed by atoms with Crippen molar-refractivity contribution in [3.05, 3.63) is 58.8 Å². The predicted octanol–water partition coefficient (Wildman–Crippen LogP) is 4.60. The average Bonchev–Trinajstić information content (AvgIpc) is 3.31. The van der Waals surface area contributed by atoms with E-state index in [1.807, 2.05) is 43.0 Å². The molecule has 0 bridgehead atoms. The molecule has 2 N–H and O–H groups in total. The third-order valence-electron chi connectivity index (χ3n) is 6.83. The lowest BCUT2D eigenvalue weighted by Gasteiger charge is -2.26. The van der Waals surface area contributed by atoms with E-state index in [1.54, 1.807) is 0 Å². The first-order valence-corrected chi connectivity index (χ1v) is 13.0. The Hall–Kier alpha value is -2.48. The number of anilines is 1. The second-order valence-electron chi connectivity index (χ2n) is 9.87. The SMILES string of the molecule is CC(C)OCc1ccccc1C(C(=O)O)N1CC[C@@H](OCCCCc2ccc3c(n2)NCCC3)C1. The summed E-state index contributed by atoms with van der Waals surface area (Å²) in [7, 11) is 0. The van der Waals surface area contributed by atoms with Crippen LogP contribution in [0, 0.1) is 0 Å². The van der Waals surface area contributed by atoms with Crippen LogP contribution in [0.25, 0.3) is 0 Å². The minimum atomic E-state index is -0.824. The summed E-state index contributed by atoms with van der Waals surface area (Å²) in [6, 6.07) is 11.4. The number of rotatable bonds is 12. The zero-order chi connectivity index (χ0) is 24.6. The molecule has 35 heavy (non-hydrogen) atoms. The van der Waals surface area contributed by atoms with Crippen molar-refractivity contribution in [2.45, 2.75) is 77.2 Å². The minimum absolute atomic E-state index is 0.0713.